The average molecular weight is 208 g/mol. The van der Waals surface area contributed by atoms with Crippen molar-refractivity contribution >= 4 is 0 Å². The second-order valence-corrected chi connectivity index (χ2v) is 3.39. The number of hydrogen-bond donors (Lipinski definition) is 2. The Hall–Kier alpha value is -1.38. The molecule has 1 unspecified atom stereocenters. The third-order valence-corrected chi connectivity index (χ3v) is 1.97. The summed E-state index contributed by atoms with van der Waals surface area (Å²) in [7, 11) is 0. The van der Waals surface area contributed by atoms with Gasteiger partial charge in [-0.2, -0.15) is 0 Å². The van der Waals surface area contributed by atoms with Crippen LogP contribution in [0.5, 0.6) is 0 Å². The molecule has 5 heteroatoms. The Balaban J connectivity index is 2.34. The van der Waals surface area contributed by atoms with Gasteiger partial charge in [-0.15, -0.1) is 17.4 Å². The number of aromatic nitrogens is 3. The maximum Gasteiger partial charge on any atom is 0.0964 e. The number of hydrogen-bond acceptors (Lipinski definition) is 4. The summed E-state index contributed by atoms with van der Waals surface area (Å²) in [4.78, 5) is 0. The van der Waals surface area contributed by atoms with Gasteiger partial charge >= 0.3 is 0 Å². The van der Waals surface area contributed by atoms with Gasteiger partial charge in [0.15, 0.2) is 0 Å². The highest BCUT2D eigenvalue weighted by Crippen LogP contribution is 1.95. The van der Waals surface area contributed by atoms with Crippen molar-refractivity contribution in [2.24, 2.45) is 0 Å². The third kappa shape index (κ3) is 4.11. The molecule has 15 heavy (non-hydrogen) atoms. The zero-order valence-corrected chi connectivity index (χ0v) is 8.85. The zero-order chi connectivity index (χ0) is 11.1. The summed E-state index contributed by atoms with van der Waals surface area (Å²) in [6.07, 6.45) is 7.70. The largest absolute Gasteiger partial charge is 0.394 e. The van der Waals surface area contributed by atoms with Gasteiger partial charge in [0.05, 0.1) is 18.8 Å². The Bertz CT molecular complexity index is 328. The summed E-state index contributed by atoms with van der Waals surface area (Å²) in [6, 6.07) is 0.276. The molecule has 1 aromatic rings. The molecular formula is C10H16N4O. The molecule has 0 aliphatic rings. The standard InChI is InChI=1S/C10H16N4O/c1-3-4-9(2)11-7-10-8-14(5-6-15)13-12-10/h1,8-9,11,15H,4-7H2,2H3. The van der Waals surface area contributed by atoms with E-state index in [4.69, 9.17) is 11.5 Å². The fourth-order valence-corrected chi connectivity index (χ4v) is 1.16. The lowest BCUT2D eigenvalue weighted by atomic mass is 10.2. The van der Waals surface area contributed by atoms with Crippen molar-refractivity contribution < 1.29 is 5.11 Å². The minimum Gasteiger partial charge on any atom is -0.394 e. The summed E-state index contributed by atoms with van der Waals surface area (Å²) < 4.78 is 1.61. The van der Waals surface area contributed by atoms with Crippen LogP contribution in [0.3, 0.4) is 0 Å². The van der Waals surface area contributed by atoms with E-state index in [9.17, 15) is 0 Å². The average Bonchev–Trinajstić information content (AvgIpc) is 2.64. The van der Waals surface area contributed by atoms with E-state index in [2.05, 4.69) is 21.5 Å². The van der Waals surface area contributed by atoms with Crippen LogP contribution < -0.4 is 5.32 Å². The predicted octanol–water partition coefficient (Wildman–Crippen LogP) is -0.228. The fraction of sp³-hybridized carbons (Fsp3) is 0.600. The summed E-state index contributed by atoms with van der Waals surface area (Å²) in [6.45, 7) is 3.23. The minimum atomic E-state index is 0.0731. The summed E-state index contributed by atoms with van der Waals surface area (Å²) in [5, 5.41) is 19.7. The quantitative estimate of drug-likeness (QED) is 0.634. The molecule has 1 rings (SSSR count). The first kappa shape index (κ1) is 11.7. The van der Waals surface area contributed by atoms with Gasteiger partial charge in [-0.3, -0.25) is 0 Å². The number of terminal acetylenes is 1. The molecule has 5 nitrogen and oxygen atoms in total. The lowest BCUT2D eigenvalue weighted by Gasteiger charge is -2.07. The highest BCUT2D eigenvalue weighted by Gasteiger charge is 2.02. The monoisotopic (exact) mass is 208 g/mol. The molecule has 0 aromatic carbocycles. The molecule has 82 valence electrons. The van der Waals surface area contributed by atoms with Crippen LogP contribution in [0.1, 0.15) is 19.0 Å². The first-order valence-electron chi connectivity index (χ1n) is 4.93. The fourth-order valence-electron chi connectivity index (χ4n) is 1.16. The van der Waals surface area contributed by atoms with Gasteiger partial charge in [-0.05, 0) is 6.92 Å². The molecule has 0 spiro atoms. The number of rotatable bonds is 6. The van der Waals surface area contributed by atoms with Crippen molar-refractivity contribution in [1.29, 1.82) is 0 Å². The summed E-state index contributed by atoms with van der Waals surface area (Å²) in [5.74, 6) is 2.59. The zero-order valence-electron chi connectivity index (χ0n) is 8.85. The molecule has 0 aliphatic carbocycles. The highest BCUT2D eigenvalue weighted by atomic mass is 16.3. The molecule has 0 fully saturated rings. The van der Waals surface area contributed by atoms with Gasteiger partial charge in [0.2, 0.25) is 0 Å². The van der Waals surface area contributed by atoms with E-state index in [0.29, 0.717) is 19.5 Å². The smallest absolute Gasteiger partial charge is 0.0964 e. The topological polar surface area (TPSA) is 63.0 Å². The van der Waals surface area contributed by atoms with E-state index in [-0.39, 0.29) is 12.6 Å². The van der Waals surface area contributed by atoms with Crippen LogP contribution in [0.25, 0.3) is 0 Å². The van der Waals surface area contributed by atoms with Crippen molar-refractivity contribution in [3.8, 4) is 12.3 Å². The van der Waals surface area contributed by atoms with E-state index in [1.165, 1.54) is 0 Å². The van der Waals surface area contributed by atoms with Gasteiger partial charge in [-0.25, -0.2) is 4.68 Å². The van der Waals surface area contributed by atoms with Crippen LogP contribution in [-0.2, 0) is 13.1 Å². The van der Waals surface area contributed by atoms with Crippen molar-refractivity contribution in [3.05, 3.63) is 11.9 Å². The molecular weight excluding hydrogens is 192 g/mol. The van der Waals surface area contributed by atoms with Crippen LogP contribution in [0, 0.1) is 12.3 Å². The van der Waals surface area contributed by atoms with Crippen LogP contribution in [0.2, 0.25) is 0 Å². The van der Waals surface area contributed by atoms with E-state index in [0.717, 1.165) is 5.69 Å². The molecule has 0 saturated heterocycles. The second-order valence-electron chi connectivity index (χ2n) is 3.39. The van der Waals surface area contributed by atoms with E-state index in [1.54, 1.807) is 4.68 Å². The molecule has 0 aliphatic heterocycles. The summed E-state index contributed by atoms with van der Waals surface area (Å²) >= 11 is 0. The third-order valence-electron chi connectivity index (χ3n) is 1.97. The number of nitrogens with zero attached hydrogens (tertiary/aromatic N) is 3. The van der Waals surface area contributed by atoms with Crippen molar-refractivity contribution in [2.45, 2.75) is 32.5 Å². The minimum absolute atomic E-state index is 0.0731. The van der Waals surface area contributed by atoms with Gasteiger partial charge in [0, 0.05) is 25.2 Å². The van der Waals surface area contributed by atoms with E-state index >= 15 is 0 Å². The first-order valence-corrected chi connectivity index (χ1v) is 4.93. The van der Waals surface area contributed by atoms with Crippen LogP contribution >= 0.6 is 0 Å². The maximum atomic E-state index is 8.69. The Morgan fingerprint density at radius 2 is 2.53 bits per heavy atom. The molecule has 0 radical (unpaired) electrons. The second kappa shape index (κ2) is 6.17. The van der Waals surface area contributed by atoms with Crippen molar-refractivity contribution in [3.63, 3.8) is 0 Å². The summed E-state index contributed by atoms with van der Waals surface area (Å²) in [5.41, 5.74) is 0.854. The molecule has 1 aromatic heterocycles. The van der Waals surface area contributed by atoms with Gasteiger partial charge in [0.25, 0.3) is 0 Å². The lowest BCUT2D eigenvalue weighted by molar-refractivity contribution is 0.268. The molecule has 2 N–H and O–H groups in total. The Labute approximate surface area is 89.5 Å². The lowest BCUT2D eigenvalue weighted by Crippen LogP contribution is -2.25. The first-order chi connectivity index (χ1) is 7.26. The predicted molar refractivity (Wildman–Crippen MR) is 56.9 cm³/mol. The number of nitrogens with one attached hydrogen (secondary N) is 1. The van der Waals surface area contributed by atoms with E-state index < -0.39 is 0 Å². The molecule has 0 bridgehead atoms. The van der Waals surface area contributed by atoms with Crippen molar-refractivity contribution in [2.75, 3.05) is 6.61 Å². The molecule has 0 amide bonds. The van der Waals surface area contributed by atoms with Gasteiger partial charge in [-0.1, -0.05) is 5.21 Å². The number of aliphatic hydroxyl groups is 1. The maximum absolute atomic E-state index is 8.69. The Morgan fingerprint density at radius 1 is 1.73 bits per heavy atom. The van der Waals surface area contributed by atoms with Crippen LogP contribution in [-0.4, -0.2) is 32.7 Å². The van der Waals surface area contributed by atoms with Crippen LogP contribution in [0.15, 0.2) is 6.20 Å². The highest BCUT2D eigenvalue weighted by molar-refractivity contribution is 4.94. The Morgan fingerprint density at radius 3 is 3.20 bits per heavy atom. The van der Waals surface area contributed by atoms with Crippen molar-refractivity contribution in [1.82, 2.24) is 20.3 Å². The van der Waals surface area contributed by atoms with Gasteiger partial charge < -0.3 is 10.4 Å². The Kier molecular flexibility index (Phi) is 4.81. The van der Waals surface area contributed by atoms with E-state index in [1.807, 2.05) is 13.1 Å². The van der Waals surface area contributed by atoms with Crippen LogP contribution in [0.4, 0.5) is 0 Å². The molecule has 1 heterocycles. The molecule has 1 atom stereocenters. The SMILES string of the molecule is C#CCC(C)NCc1cn(CCO)nn1. The molecule has 0 saturated carbocycles. The normalized spacial score (nSPS) is 12.3. The number of aliphatic hydroxyl groups excluding tert-OH is 1. The van der Waals surface area contributed by atoms with Gasteiger partial charge in [0.1, 0.15) is 0 Å².